The number of thioether (sulfide) groups is 1. The molecule has 0 unspecified atom stereocenters. The number of para-hydroxylation sites is 1. The monoisotopic (exact) mass is 430 g/mol. The Morgan fingerprint density at radius 2 is 1.95 bits per heavy atom. The largest absolute Gasteiger partial charge is 0.370 e. The Balaban J connectivity index is 0.00000176. The maximum absolute atomic E-state index is 6.06. The second-order valence-corrected chi connectivity index (χ2v) is 6.49. The van der Waals surface area contributed by atoms with Crippen LogP contribution in [0.25, 0.3) is 10.9 Å². The summed E-state index contributed by atoms with van der Waals surface area (Å²) in [5, 5.41) is 1.30. The molecule has 3 rings (SSSR count). The molecule has 2 N–H and O–H groups in total. The van der Waals surface area contributed by atoms with Crippen LogP contribution in [0, 0.1) is 0 Å². The van der Waals surface area contributed by atoms with Gasteiger partial charge in [0, 0.05) is 49.4 Å². The lowest BCUT2D eigenvalue weighted by Crippen LogP contribution is -2.42. The molecule has 22 heavy (non-hydrogen) atoms. The maximum atomic E-state index is 6.06. The van der Waals surface area contributed by atoms with Crippen molar-refractivity contribution in [3.63, 3.8) is 0 Å². The summed E-state index contributed by atoms with van der Waals surface area (Å²) in [6.07, 6.45) is 3.17. The summed E-state index contributed by atoms with van der Waals surface area (Å²) >= 11 is 1.99. The topological polar surface area (TPSA) is 46.5 Å². The summed E-state index contributed by atoms with van der Waals surface area (Å²) in [6.45, 7) is 3.84. The standard InChI is InChI=1S/C16H22N4S.HI/c17-16(20-10-12-21-13-11-20)18-7-3-8-19-9-6-14-4-1-2-5-15(14)19;/h1-2,4-6,9H,3,7-8,10-13H2,(H2,17,18);1H. The number of nitrogens with two attached hydrogens (primary N) is 1. The molecule has 0 radical (unpaired) electrons. The summed E-state index contributed by atoms with van der Waals surface area (Å²) in [5.41, 5.74) is 7.35. The molecule has 1 aliphatic rings. The van der Waals surface area contributed by atoms with Gasteiger partial charge < -0.3 is 15.2 Å². The predicted octanol–water partition coefficient (Wildman–Crippen LogP) is 3.01. The first kappa shape index (κ1) is 17.5. The summed E-state index contributed by atoms with van der Waals surface area (Å²) in [7, 11) is 0. The third kappa shape index (κ3) is 4.32. The van der Waals surface area contributed by atoms with Crippen LogP contribution in [0.3, 0.4) is 0 Å². The van der Waals surface area contributed by atoms with Gasteiger partial charge in [-0.15, -0.1) is 24.0 Å². The van der Waals surface area contributed by atoms with Crippen molar-refractivity contribution < 1.29 is 0 Å². The van der Waals surface area contributed by atoms with E-state index in [-0.39, 0.29) is 24.0 Å². The Morgan fingerprint density at radius 1 is 1.18 bits per heavy atom. The molecule has 1 fully saturated rings. The van der Waals surface area contributed by atoms with Gasteiger partial charge in [-0.1, -0.05) is 18.2 Å². The predicted molar refractivity (Wildman–Crippen MR) is 107 cm³/mol. The Bertz CT molecular complexity index is 619. The van der Waals surface area contributed by atoms with Gasteiger partial charge in [0.05, 0.1) is 0 Å². The number of fused-ring (bicyclic) bond motifs is 1. The van der Waals surface area contributed by atoms with Crippen LogP contribution >= 0.6 is 35.7 Å². The van der Waals surface area contributed by atoms with E-state index in [4.69, 9.17) is 5.73 Å². The van der Waals surface area contributed by atoms with E-state index in [0.717, 1.165) is 44.1 Å². The Kier molecular flexibility index (Phi) is 6.88. The number of aryl methyl sites for hydroxylation is 1. The Hall–Kier alpha value is -0.890. The molecule has 1 aliphatic heterocycles. The number of nitrogens with zero attached hydrogens (tertiary/aromatic N) is 3. The lowest BCUT2D eigenvalue weighted by Gasteiger charge is -2.27. The van der Waals surface area contributed by atoms with Crippen molar-refractivity contribution in [1.82, 2.24) is 9.47 Å². The number of guanidine groups is 1. The first-order chi connectivity index (χ1) is 10.3. The number of benzene rings is 1. The van der Waals surface area contributed by atoms with Gasteiger partial charge in [0.2, 0.25) is 0 Å². The number of halogens is 1. The van der Waals surface area contributed by atoms with Crippen LogP contribution in [0.1, 0.15) is 6.42 Å². The molecular formula is C16H23IN4S. The van der Waals surface area contributed by atoms with Gasteiger partial charge in [-0.2, -0.15) is 11.8 Å². The number of aromatic nitrogens is 1. The van der Waals surface area contributed by atoms with Gasteiger partial charge in [0.1, 0.15) is 0 Å². The molecule has 0 saturated carbocycles. The first-order valence-corrected chi connectivity index (χ1v) is 8.66. The van der Waals surface area contributed by atoms with Crippen molar-refractivity contribution >= 4 is 52.6 Å². The van der Waals surface area contributed by atoms with Crippen molar-refractivity contribution in [1.29, 1.82) is 0 Å². The fourth-order valence-corrected chi connectivity index (χ4v) is 3.57. The molecule has 1 saturated heterocycles. The third-order valence-electron chi connectivity index (χ3n) is 3.85. The van der Waals surface area contributed by atoms with Crippen LogP contribution in [-0.2, 0) is 6.54 Å². The highest BCUT2D eigenvalue weighted by Crippen LogP contribution is 2.15. The lowest BCUT2D eigenvalue weighted by molar-refractivity contribution is 0.455. The molecule has 0 spiro atoms. The minimum Gasteiger partial charge on any atom is -0.370 e. The Morgan fingerprint density at radius 3 is 2.77 bits per heavy atom. The zero-order chi connectivity index (χ0) is 14.5. The third-order valence-corrected chi connectivity index (χ3v) is 4.79. The Labute approximate surface area is 153 Å². The van der Waals surface area contributed by atoms with E-state index < -0.39 is 0 Å². The fourth-order valence-electron chi connectivity index (χ4n) is 2.66. The maximum Gasteiger partial charge on any atom is 0.191 e. The molecule has 2 heterocycles. The number of hydrogen-bond donors (Lipinski definition) is 1. The minimum atomic E-state index is 0. The minimum absolute atomic E-state index is 0. The molecule has 0 aliphatic carbocycles. The highest BCUT2D eigenvalue weighted by molar-refractivity contribution is 14.0. The number of aliphatic imine (C=N–C) groups is 1. The van der Waals surface area contributed by atoms with Gasteiger partial charge in [0.15, 0.2) is 5.96 Å². The van der Waals surface area contributed by atoms with Crippen LogP contribution in [-0.4, -0.2) is 46.6 Å². The molecule has 0 amide bonds. The van der Waals surface area contributed by atoms with Gasteiger partial charge in [0.25, 0.3) is 0 Å². The molecule has 1 aromatic heterocycles. The van der Waals surface area contributed by atoms with Gasteiger partial charge in [-0.25, -0.2) is 0 Å². The van der Waals surface area contributed by atoms with Crippen molar-refractivity contribution in [2.45, 2.75) is 13.0 Å². The molecule has 2 aromatic rings. The van der Waals surface area contributed by atoms with Gasteiger partial charge >= 0.3 is 0 Å². The highest BCUT2D eigenvalue weighted by Gasteiger charge is 2.11. The first-order valence-electron chi connectivity index (χ1n) is 7.51. The van der Waals surface area contributed by atoms with E-state index in [1.807, 2.05) is 11.8 Å². The SMILES string of the molecule is I.NC(=NCCCn1ccc2ccccc21)N1CCSCC1. The molecule has 120 valence electrons. The molecule has 0 atom stereocenters. The van der Waals surface area contributed by atoms with Gasteiger partial charge in [-0.05, 0) is 23.9 Å². The van der Waals surface area contributed by atoms with Crippen LogP contribution < -0.4 is 5.73 Å². The van der Waals surface area contributed by atoms with Crippen molar-refractivity contribution in [2.75, 3.05) is 31.1 Å². The number of hydrogen-bond acceptors (Lipinski definition) is 2. The van der Waals surface area contributed by atoms with E-state index in [9.17, 15) is 0 Å². The zero-order valence-electron chi connectivity index (χ0n) is 12.6. The van der Waals surface area contributed by atoms with E-state index in [2.05, 4.69) is 51.0 Å². The average molecular weight is 430 g/mol. The van der Waals surface area contributed by atoms with E-state index in [1.165, 1.54) is 10.9 Å². The van der Waals surface area contributed by atoms with Crippen molar-refractivity contribution in [3.05, 3.63) is 36.5 Å². The van der Waals surface area contributed by atoms with Crippen LogP contribution in [0.4, 0.5) is 0 Å². The van der Waals surface area contributed by atoms with Gasteiger partial charge in [-0.3, -0.25) is 4.99 Å². The van der Waals surface area contributed by atoms with Crippen molar-refractivity contribution in [2.24, 2.45) is 10.7 Å². The zero-order valence-corrected chi connectivity index (χ0v) is 15.8. The summed E-state index contributed by atoms with van der Waals surface area (Å²) in [4.78, 5) is 6.72. The highest BCUT2D eigenvalue weighted by atomic mass is 127. The lowest BCUT2D eigenvalue weighted by atomic mass is 10.2. The normalized spacial score (nSPS) is 15.8. The van der Waals surface area contributed by atoms with E-state index >= 15 is 0 Å². The average Bonchev–Trinajstić information content (AvgIpc) is 2.95. The quantitative estimate of drug-likeness (QED) is 0.351. The summed E-state index contributed by atoms with van der Waals surface area (Å²) in [5.74, 6) is 3.03. The molecular weight excluding hydrogens is 407 g/mol. The second kappa shape index (κ2) is 8.67. The molecule has 4 nitrogen and oxygen atoms in total. The summed E-state index contributed by atoms with van der Waals surface area (Å²) < 4.78 is 2.29. The van der Waals surface area contributed by atoms with Crippen LogP contribution in [0.5, 0.6) is 0 Å². The van der Waals surface area contributed by atoms with Crippen LogP contribution in [0.2, 0.25) is 0 Å². The molecule has 0 bridgehead atoms. The van der Waals surface area contributed by atoms with Crippen molar-refractivity contribution in [3.8, 4) is 0 Å². The number of rotatable bonds is 4. The second-order valence-electron chi connectivity index (χ2n) is 5.26. The smallest absolute Gasteiger partial charge is 0.191 e. The van der Waals surface area contributed by atoms with E-state index in [0.29, 0.717) is 5.96 Å². The summed E-state index contributed by atoms with van der Waals surface area (Å²) in [6, 6.07) is 10.6. The molecule has 6 heteroatoms. The fraction of sp³-hybridized carbons (Fsp3) is 0.438. The molecule has 1 aromatic carbocycles. The van der Waals surface area contributed by atoms with E-state index in [1.54, 1.807) is 0 Å². The van der Waals surface area contributed by atoms with Crippen LogP contribution in [0.15, 0.2) is 41.5 Å².